The van der Waals surface area contributed by atoms with E-state index in [4.69, 9.17) is 0 Å². The van der Waals surface area contributed by atoms with E-state index in [0.29, 0.717) is 28.0 Å². The average molecular weight is 426 g/mol. The number of carbonyl (C=O) groups excluding carboxylic acids is 1. The van der Waals surface area contributed by atoms with Crippen LogP contribution in [0.15, 0.2) is 34.2 Å². The Bertz CT molecular complexity index is 1150. The average Bonchev–Trinajstić information content (AvgIpc) is 3.43. The first kappa shape index (κ1) is 19.6. The predicted molar refractivity (Wildman–Crippen MR) is 118 cm³/mol. The van der Waals surface area contributed by atoms with Crippen molar-refractivity contribution in [3.05, 3.63) is 34.6 Å². The van der Waals surface area contributed by atoms with Crippen molar-refractivity contribution in [3.63, 3.8) is 0 Å². The smallest absolute Gasteiger partial charge is 0.263 e. The lowest BCUT2D eigenvalue weighted by atomic mass is 10.0. The van der Waals surface area contributed by atoms with Gasteiger partial charge in [0.1, 0.15) is 0 Å². The number of hydrogen-bond donors (Lipinski definition) is 0. The molecule has 0 unspecified atom stereocenters. The van der Waals surface area contributed by atoms with E-state index in [1.54, 1.807) is 0 Å². The van der Waals surface area contributed by atoms with Gasteiger partial charge in [-0.05, 0) is 43.7 Å². The van der Waals surface area contributed by atoms with Crippen molar-refractivity contribution in [1.29, 1.82) is 0 Å². The van der Waals surface area contributed by atoms with Gasteiger partial charge < -0.3 is 4.90 Å². The Kier molecular flexibility index (Phi) is 5.26. The van der Waals surface area contributed by atoms with Crippen LogP contribution >= 0.6 is 11.8 Å². The standard InChI is InChI=1S/C22H27N5O2S/c1-15-7-6-12-25(13-15)19(28)14-30-22-24-23-21-26(16-8-2-3-9-16)20(29)17-10-4-5-11-18(17)27(21)22/h4-5,10-11,15-16H,2-3,6-9,12-14H2,1H3/t15-/m1/s1. The monoisotopic (exact) mass is 425 g/mol. The van der Waals surface area contributed by atoms with Gasteiger partial charge >= 0.3 is 0 Å². The molecule has 1 aliphatic carbocycles. The highest BCUT2D eigenvalue weighted by Crippen LogP contribution is 2.31. The van der Waals surface area contributed by atoms with E-state index in [1.807, 2.05) is 38.1 Å². The van der Waals surface area contributed by atoms with Crippen LogP contribution in [-0.2, 0) is 4.79 Å². The first-order chi connectivity index (χ1) is 14.6. The fraction of sp³-hybridized carbons (Fsp3) is 0.545. The second-order valence-corrected chi connectivity index (χ2v) is 9.57. The number of aromatic nitrogens is 4. The topological polar surface area (TPSA) is 72.5 Å². The van der Waals surface area contributed by atoms with Crippen molar-refractivity contribution in [1.82, 2.24) is 24.1 Å². The van der Waals surface area contributed by atoms with Crippen LogP contribution in [0.2, 0.25) is 0 Å². The molecule has 0 radical (unpaired) electrons. The van der Waals surface area contributed by atoms with Crippen LogP contribution in [0.5, 0.6) is 0 Å². The summed E-state index contributed by atoms with van der Waals surface area (Å²) in [6, 6.07) is 7.80. The Morgan fingerprint density at radius 2 is 1.93 bits per heavy atom. The van der Waals surface area contributed by atoms with Gasteiger partial charge in [-0.3, -0.25) is 18.6 Å². The number of likely N-dealkylation sites (tertiary alicyclic amines) is 1. The van der Waals surface area contributed by atoms with Crippen LogP contribution in [0.4, 0.5) is 0 Å². The van der Waals surface area contributed by atoms with E-state index >= 15 is 0 Å². The van der Waals surface area contributed by atoms with Crippen LogP contribution in [0, 0.1) is 5.92 Å². The largest absolute Gasteiger partial charge is 0.342 e. The fourth-order valence-electron chi connectivity index (χ4n) is 4.92. The Morgan fingerprint density at radius 1 is 1.13 bits per heavy atom. The number of piperidine rings is 1. The molecule has 1 saturated heterocycles. The highest BCUT2D eigenvalue weighted by molar-refractivity contribution is 7.99. The molecule has 3 heterocycles. The number of para-hydroxylation sites is 1. The summed E-state index contributed by atoms with van der Waals surface area (Å²) in [4.78, 5) is 28.0. The summed E-state index contributed by atoms with van der Waals surface area (Å²) in [5.74, 6) is 1.64. The lowest BCUT2D eigenvalue weighted by Gasteiger charge is -2.30. The third kappa shape index (κ3) is 3.41. The molecule has 5 rings (SSSR count). The van der Waals surface area contributed by atoms with Crippen molar-refractivity contribution >= 4 is 34.3 Å². The number of benzene rings is 1. The Morgan fingerprint density at radius 3 is 2.73 bits per heavy atom. The minimum absolute atomic E-state index is 0.00679. The third-order valence-electron chi connectivity index (χ3n) is 6.45. The number of nitrogens with zero attached hydrogens (tertiary/aromatic N) is 5. The molecule has 7 nitrogen and oxygen atoms in total. The summed E-state index contributed by atoms with van der Waals surface area (Å²) >= 11 is 1.41. The summed E-state index contributed by atoms with van der Waals surface area (Å²) in [5, 5.41) is 10.2. The highest BCUT2D eigenvalue weighted by atomic mass is 32.2. The number of amides is 1. The molecule has 0 N–H and O–H groups in total. The molecular weight excluding hydrogens is 398 g/mol. The van der Waals surface area contributed by atoms with Crippen LogP contribution in [0.25, 0.3) is 16.7 Å². The van der Waals surface area contributed by atoms with Crippen molar-refractivity contribution in [3.8, 4) is 0 Å². The zero-order valence-electron chi connectivity index (χ0n) is 17.3. The van der Waals surface area contributed by atoms with Gasteiger partial charge in [0, 0.05) is 19.1 Å². The Balaban J connectivity index is 1.52. The molecule has 1 saturated carbocycles. The van der Waals surface area contributed by atoms with Gasteiger partial charge in [-0.15, -0.1) is 10.2 Å². The van der Waals surface area contributed by atoms with Crippen LogP contribution < -0.4 is 5.56 Å². The summed E-state index contributed by atoms with van der Waals surface area (Å²) < 4.78 is 3.80. The molecule has 2 aliphatic rings. The maximum atomic E-state index is 13.3. The fourth-order valence-corrected chi connectivity index (χ4v) is 5.76. The quantitative estimate of drug-likeness (QED) is 0.598. The second kappa shape index (κ2) is 8.06. The highest BCUT2D eigenvalue weighted by Gasteiger charge is 2.26. The second-order valence-electron chi connectivity index (χ2n) is 8.62. The zero-order chi connectivity index (χ0) is 20.7. The molecule has 1 atom stereocenters. The first-order valence-electron chi connectivity index (χ1n) is 10.9. The molecule has 158 valence electrons. The summed E-state index contributed by atoms with van der Waals surface area (Å²) in [7, 11) is 0. The van der Waals surface area contributed by atoms with Crippen molar-refractivity contribution in [2.75, 3.05) is 18.8 Å². The molecule has 8 heteroatoms. The van der Waals surface area contributed by atoms with Gasteiger partial charge in [-0.25, -0.2) is 0 Å². The third-order valence-corrected chi connectivity index (χ3v) is 7.36. The first-order valence-corrected chi connectivity index (χ1v) is 11.9. The van der Waals surface area contributed by atoms with E-state index < -0.39 is 0 Å². The van der Waals surface area contributed by atoms with Crippen LogP contribution in [0.1, 0.15) is 51.5 Å². The molecule has 2 aromatic heterocycles. The molecule has 2 fully saturated rings. The Hall–Kier alpha value is -2.35. The maximum absolute atomic E-state index is 13.3. The molecule has 30 heavy (non-hydrogen) atoms. The van der Waals surface area contributed by atoms with E-state index in [0.717, 1.165) is 50.7 Å². The lowest BCUT2D eigenvalue weighted by molar-refractivity contribution is -0.130. The van der Waals surface area contributed by atoms with E-state index in [1.165, 1.54) is 18.2 Å². The van der Waals surface area contributed by atoms with E-state index in [-0.39, 0.29) is 17.5 Å². The minimum atomic E-state index is 0.00679. The molecular formula is C22H27N5O2S. The summed E-state index contributed by atoms with van der Waals surface area (Å²) in [5.41, 5.74) is 0.811. The van der Waals surface area contributed by atoms with E-state index in [9.17, 15) is 9.59 Å². The normalized spacial score (nSPS) is 20.4. The summed E-state index contributed by atoms with van der Waals surface area (Å²) in [6.45, 7) is 3.88. The van der Waals surface area contributed by atoms with Gasteiger partial charge in [0.25, 0.3) is 5.56 Å². The molecule has 3 aromatic rings. The predicted octanol–water partition coefficient (Wildman–Crippen LogP) is 3.51. The molecule has 0 bridgehead atoms. The number of fused-ring (bicyclic) bond motifs is 3. The molecule has 0 spiro atoms. The molecule has 1 amide bonds. The van der Waals surface area contributed by atoms with Crippen molar-refractivity contribution < 1.29 is 4.79 Å². The molecule has 1 aliphatic heterocycles. The number of thioether (sulfide) groups is 1. The van der Waals surface area contributed by atoms with Crippen molar-refractivity contribution in [2.45, 2.75) is 56.6 Å². The van der Waals surface area contributed by atoms with Gasteiger partial charge in [0.05, 0.1) is 16.7 Å². The number of carbonyl (C=O) groups is 1. The van der Waals surface area contributed by atoms with Crippen LogP contribution in [-0.4, -0.2) is 48.8 Å². The van der Waals surface area contributed by atoms with Crippen LogP contribution in [0.3, 0.4) is 0 Å². The minimum Gasteiger partial charge on any atom is -0.342 e. The zero-order valence-corrected chi connectivity index (χ0v) is 18.1. The van der Waals surface area contributed by atoms with Gasteiger partial charge in [-0.1, -0.05) is 43.7 Å². The molecule has 1 aromatic carbocycles. The number of hydrogen-bond acceptors (Lipinski definition) is 5. The summed E-state index contributed by atoms with van der Waals surface area (Å²) in [6.07, 6.45) is 6.52. The maximum Gasteiger partial charge on any atom is 0.263 e. The Labute approximate surface area is 179 Å². The lowest BCUT2D eigenvalue weighted by Crippen LogP contribution is -2.40. The SMILES string of the molecule is C[C@@H]1CCCN(C(=O)CSc2nnc3n(C4CCCC4)c(=O)c4ccccc4n23)C1. The van der Waals surface area contributed by atoms with Crippen molar-refractivity contribution in [2.24, 2.45) is 5.92 Å². The van der Waals surface area contributed by atoms with Gasteiger partial charge in [-0.2, -0.15) is 0 Å². The van der Waals surface area contributed by atoms with Gasteiger partial charge in [0.15, 0.2) is 5.16 Å². The van der Waals surface area contributed by atoms with Gasteiger partial charge in [0.2, 0.25) is 11.7 Å². The number of rotatable bonds is 4. The van der Waals surface area contributed by atoms with E-state index in [2.05, 4.69) is 17.1 Å².